The van der Waals surface area contributed by atoms with Crippen molar-refractivity contribution in [2.24, 2.45) is 5.41 Å². The third-order valence-electron chi connectivity index (χ3n) is 2.59. The van der Waals surface area contributed by atoms with Crippen LogP contribution in [-0.4, -0.2) is 29.3 Å². The number of hydrogen-bond donors (Lipinski definition) is 2. The normalized spacial score (nSPS) is 11.5. The largest absolute Gasteiger partial charge is 0.396 e. The van der Waals surface area contributed by atoms with E-state index in [1.165, 1.54) is 0 Å². The van der Waals surface area contributed by atoms with Gasteiger partial charge in [-0.2, -0.15) is 0 Å². The molecule has 0 aromatic carbocycles. The smallest absolute Gasteiger partial charge is 0.289 e. The van der Waals surface area contributed by atoms with E-state index in [0.29, 0.717) is 12.2 Å². The third kappa shape index (κ3) is 4.56. The lowest BCUT2D eigenvalue weighted by atomic mass is 9.88. The second-order valence-electron chi connectivity index (χ2n) is 5.01. The standard InChI is InChI=1S/C12H20N2O3/c1-9-7-10(17-14-9)11(16)13-8-12(2,3)5-4-6-15/h7,15H,4-6,8H2,1-3H3,(H,13,16). The molecule has 1 heterocycles. The molecule has 0 bridgehead atoms. The number of amides is 1. The fraction of sp³-hybridized carbons (Fsp3) is 0.667. The molecule has 0 saturated heterocycles. The zero-order chi connectivity index (χ0) is 12.9. The Morgan fingerprint density at radius 3 is 2.82 bits per heavy atom. The summed E-state index contributed by atoms with van der Waals surface area (Å²) < 4.78 is 4.87. The van der Waals surface area contributed by atoms with Gasteiger partial charge in [0.25, 0.3) is 5.91 Å². The molecule has 5 nitrogen and oxygen atoms in total. The van der Waals surface area contributed by atoms with Gasteiger partial charge in [0, 0.05) is 19.2 Å². The number of aliphatic hydroxyl groups is 1. The molecule has 1 rings (SSSR count). The van der Waals surface area contributed by atoms with E-state index < -0.39 is 0 Å². The van der Waals surface area contributed by atoms with Gasteiger partial charge in [-0.3, -0.25) is 4.79 Å². The summed E-state index contributed by atoms with van der Waals surface area (Å²) in [4.78, 5) is 11.7. The molecule has 0 fully saturated rings. The van der Waals surface area contributed by atoms with Crippen molar-refractivity contribution in [2.45, 2.75) is 33.6 Å². The maximum atomic E-state index is 11.7. The summed E-state index contributed by atoms with van der Waals surface area (Å²) in [6.45, 7) is 6.60. The summed E-state index contributed by atoms with van der Waals surface area (Å²) in [7, 11) is 0. The van der Waals surface area contributed by atoms with Crippen molar-refractivity contribution in [3.05, 3.63) is 17.5 Å². The first-order chi connectivity index (χ1) is 7.94. The molecular formula is C12H20N2O3. The van der Waals surface area contributed by atoms with Crippen LogP contribution in [0.1, 0.15) is 42.9 Å². The summed E-state index contributed by atoms with van der Waals surface area (Å²) >= 11 is 0. The van der Waals surface area contributed by atoms with Gasteiger partial charge in [0.05, 0.1) is 5.69 Å². The number of nitrogens with one attached hydrogen (secondary N) is 1. The molecule has 2 N–H and O–H groups in total. The Hall–Kier alpha value is -1.36. The number of rotatable bonds is 6. The van der Waals surface area contributed by atoms with E-state index in [1.54, 1.807) is 13.0 Å². The van der Waals surface area contributed by atoms with Crippen molar-refractivity contribution in [1.29, 1.82) is 0 Å². The second kappa shape index (κ2) is 5.82. The molecule has 0 aliphatic heterocycles. The van der Waals surface area contributed by atoms with E-state index >= 15 is 0 Å². The van der Waals surface area contributed by atoms with Crippen LogP contribution in [0.5, 0.6) is 0 Å². The zero-order valence-electron chi connectivity index (χ0n) is 10.6. The predicted octanol–water partition coefficient (Wildman–Crippen LogP) is 1.51. The van der Waals surface area contributed by atoms with Crippen LogP contribution in [0.2, 0.25) is 0 Å². The van der Waals surface area contributed by atoms with Crippen molar-refractivity contribution in [1.82, 2.24) is 10.5 Å². The molecule has 0 radical (unpaired) electrons. The number of hydrogen-bond acceptors (Lipinski definition) is 4. The average molecular weight is 240 g/mol. The highest BCUT2D eigenvalue weighted by molar-refractivity contribution is 5.91. The Kier molecular flexibility index (Phi) is 4.69. The molecule has 1 aromatic heterocycles. The first-order valence-electron chi connectivity index (χ1n) is 5.77. The highest BCUT2D eigenvalue weighted by atomic mass is 16.5. The van der Waals surface area contributed by atoms with E-state index in [9.17, 15) is 4.79 Å². The predicted molar refractivity (Wildman–Crippen MR) is 63.7 cm³/mol. The first kappa shape index (κ1) is 13.7. The van der Waals surface area contributed by atoms with Crippen LogP contribution in [0.3, 0.4) is 0 Å². The van der Waals surface area contributed by atoms with Gasteiger partial charge in [-0.25, -0.2) is 0 Å². The highest BCUT2D eigenvalue weighted by Gasteiger charge is 2.20. The lowest BCUT2D eigenvalue weighted by Gasteiger charge is -2.24. The van der Waals surface area contributed by atoms with E-state index in [2.05, 4.69) is 24.3 Å². The molecule has 0 aliphatic carbocycles. The van der Waals surface area contributed by atoms with Gasteiger partial charge in [0.1, 0.15) is 0 Å². The second-order valence-corrected chi connectivity index (χ2v) is 5.01. The Morgan fingerprint density at radius 1 is 1.59 bits per heavy atom. The van der Waals surface area contributed by atoms with Gasteiger partial charge >= 0.3 is 0 Å². The van der Waals surface area contributed by atoms with Gasteiger partial charge in [0.15, 0.2) is 0 Å². The van der Waals surface area contributed by atoms with Crippen LogP contribution in [-0.2, 0) is 0 Å². The average Bonchev–Trinajstić information content (AvgIpc) is 2.70. The summed E-state index contributed by atoms with van der Waals surface area (Å²) in [6.07, 6.45) is 1.60. The van der Waals surface area contributed by atoms with E-state index in [1.807, 2.05) is 0 Å². The molecule has 17 heavy (non-hydrogen) atoms. The molecule has 1 aromatic rings. The number of nitrogens with zero attached hydrogens (tertiary/aromatic N) is 1. The van der Waals surface area contributed by atoms with Crippen LogP contribution < -0.4 is 5.32 Å². The van der Waals surface area contributed by atoms with Crippen molar-refractivity contribution < 1.29 is 14.4 Å². The van der Waals surface area contributed by atoms with Crippen LogP contribution >= 0.6 is 0 Å². The Labute approximate surface area is 101 Å². The van der Waals surface area contributed by atoms with Crippen LogP contribution in [0, 0.1) is 12.3 Å². The fourth-order valence-corrected chi connectivity index (χ4v) is 1.52. The molecule has 96 valence electrons. The van der Waals surface area contributed by atoms with Gasteiger partial charge in [0.2, 0.25) is 5.76 Å². The van der Waals surface area contributed by atoms with Gasteiger partial charge in [-0.15, -0.1) is 0 Å². The summed E-state index contributed by atoms with van der Waals surface area (Å²) in [5.74, 6) is -0.0110. The van der Waals surface area contributed by atoms with Crippen molar-refractivity contribution in [3.8, 4) is 0 Å². The minimum atomic E-state index is -0.248. The number of carbonyl (C=O) groups is 1. The lowest BCUT2D eigenvalue weighted by molar-refractivity contribution is 0.0896. The van der Waals surface area contributed by atoms with Crippen LogP contribution in [0.15, 0.2) is 10.6 Å². The molecular weight excluding hydrogens is 220 g/mol. The van der Waals surface area contributed by atoms with Crippen molar-refractivity contribution in [3.63, 3.8) is 0 Å². The van der Waals surface area contributed by atoms with Crippen molar-refractivity contribution in [2.75, 3.05) is 13.2 Å². The van der Waals surface area contributed by atoms with E-state index in [4.69, 9.17) is 9.63 Å². The summed E-state index contributed by atoms with van der Waals surface area (Å²) in [5, 5.41) is 15.2. The maximum Gasteiger partial charge on any atom is 0.289 e. The van der Waals surface area contributed by atoms with Gasteiger partial charge in [-0.1, -0.05) is 19.0 Å². The number of carbonyl (C=O) groups excluding carboxylic acids is 1. The molecule has 5 heteroatoms. The lowest BCUT2D eigenvalue weighted by Crippen LogP contribution is -2.34. The molecule has 0 unspecified atom stereocenters. The summed E-state index contributed by atoms with van der Waals surface area (Å²) in [6, 6.07) is 1.61. The number of aromatic nitrogens is 1. The highest BCUT2D eigenvalue weighted by Crippen LogP contribution is 2.20. The Balaban J connectivity index is 2.42. The zero-order valence-corrected chi connectivity index (χ0v) is 10.6. The number of aryl methyl sites for hydroxylation is 1. The van der Waals surface area contributed by atoms with Crippen LogP contribution in [0.25, 0.3) is 0 Å². The third-order valence-corrected chi connectivity index (χ3v) is 2.59. The Bertz CT molecular complexity index is 372. The first-order valence-corrected chi connectivity index (χ1v) is 5.77. The maximum absolute atomic E-state index is 11.7. The molecule has 0 aliphatic rings. The minimum absolute atomic E-state index is 0.0343. The monoisotopic (exact) mass is 240 g/mol. The van der Waals surface area contributed by atoms with E-state index in [-0.39, 0.29) is 23.7 Å². The fourth-order valence-electron chi connectivity index (χ4n) is 1.52. The van der Waals surface area contributed by atoms with E-state index in [0.717, 1.165) is 12.8 Å². The SMILES string of the molecule is Cc1cc(C(=O)NCC(C)(C)CCCO)on1. The van der Waals surface area contributed by atoms with Gasteiger partial charge < -0.3 is 14.9 Å². The molecule has 1 amide bonds. The van der Waals surface area contributed by atoms with Crippen molar-refractivity contribution >= 4 is 5.91 Å². The summed E-state index contributed by atoms with van der Waals surface area (Å²) in [5.41, 5.74) is 0.655. The minimum Gasteiger partial charge on any atom is -0.396 e. The quantitative estimate of drug-likeness (QED) is 0.790. The number of aliphatic hydroxyl groups excluding tert-OH is 1. The molecule has 0 saturated carbocycles. The van der Waals surface area contributed by atoms with Gasteiger partial charge in [-0.05, 0) is 25.2 Å². The molecule has 0 spiro atoms. The Morgan fingerprint density at radius 2 is 2.29 bits per heavy atom. The molecule has 0 atom stereocenters. The topological polar surface area (TPSA) is 75.4 Å². The van der Waals surface area contributed by atoms with Crippen LogP contribution in [0.4, 0.5) is 0 Å².